The smallest absolute Gasteiger partial charge is 0.258 e. The van der Waals surface area contributed by atoms with Gasteiger partial charge in [-0.15, -0.1) is 0 Å². The van der Waals surface area contributed by atoms with Gasteiger partial charge in [0.05, 0.1) is 17.5 Å². The highest BCUT2D eigenvalue weighted by molar-refractivity contribution is 8.78. The van der Waals surface area contributed by atoms with Crippen molar-refractivity contribution < 1.29 is 19.1 Å². The summed E-state index contributed by atoms with van der Waals surface area (Å²) < 4.78 is 10.8. The van der Waals surface area contributed by atoms with Crippen LogP contribution in [0.4, 0.5) is 0 Å². The average Bonchev–Trinajstić information content (AvgIpc) is 3.17. The summed E-state index contributed by atoms with van der Waals surface area (Å²) in [6, 6.07) is 7.30. The van der Waals surface area contributed by atoms with Crippen LogP contribution in [0.25, 0.3) is 0 Å². The first kappa shape index (κ1) is 15.2. The van der Waals surface area contributed by atoms with Crippen LogP contribution in [0.2, 0.25) is 0 Å². The van der Waals surface area contributed by atoms with Gasteiger partial charge in [-0.3, -0.25) is 9.59 Å². The minimum Gasteiger partial charge on any atom is -0.454 e. The van der Waals surface area contributed by atoms with Crippen molar-refractivity contribution in [2.45, 2.75) is 29.6 Å². The number of benzene rings is 1. The second kappa shape index (κ2) is 4.77. The zero-order valence-electron chi connectivity index (χ0n) is 13.1. The lowest BCUT2D eigenvalue weighted by atomic mass is 9.79. The Morgan fingerprint density at radius 3 is 2.92 bits per heavy atom. The highest BCUT2D eigenvalue weighted by atomic mass is 33.1. The molecule has 1 aromatic carbocycles. The van der Waals surface area contributed by atoms with E-state index in [0.29, 0.717) is 11.5 Å². The summed E-state index contributed by atoms with van der Waals surface area (Å²) in [6.07, 6.45) is 0.289. The summed E-state index contributed by atoms with van der Waals surface area (Å²) in [5.74, 6) is 0.902. The number of amides is 2. The number of hydrogen-bond donors (Lipinski definition) is 1. The van der Waals surface area contributed by atoms with Crippen LogP contribution in [0, 0.1) is 16.7 Å². The molecule has 5 heterocycles. The zero-order chi connectivity index (χ0) is 17.4. The molecule has 7 nitrogen and oxygen atoms in total. The van der Waals surface area contributed by atoms with Crippen molar-refractivity contribution in [1.29, 1.82) is 5.26 Å². The van der Waals surface area contributed by atoms with Crippen LogP contribution >= 0.6 is 21.6 Å². The summed E-state index contributed by atoms with van der Waals surface area (Å²) in [5.41, 5.74) is -0.0995. The number of nitriles is 1. The molecule has 1 spiro atoms. The Balaban J connectivity index is 1.68. The Labute approximate surface area is 151 Å². The molecule has 2 bridgehead atoms. The quantitative estimate of drug-likeness (QED) is 0.748. The number of ether oxygens (including phenoxy) is 2. The van der Waals surface area contributed by atoms with E-state index in [1.165, 1.54) is 21.6 Å². The Morgan fingerprint density at radius 1 is 1.36 bits per heavy atom. The van der Waals surface area contributed by atoms with Gasteiger partial charge in [0.1, 0.15) is 0 Å². The van der Waals surface area contributed by atoms with Gasteiger partial charge in [0.25, 0.3) is 11.8 Å². The molecule has 1 N–H and O–H groups in total. The molecule has 4 unspecified atom stereocenters. The lowest BCUT2D eigenvalue weighted by Crippen LogP contribution is -2.68. The fourth-order valence-electron chi connectivity index (χ4n) is 4.09. The average molecular weight is 375 g/mol. The summed E-state index contributed by atoms with van der Waals surface area (Å²) in [7, 11) is 2.75. The topological polar surface area (TPSA) is 91.7 Å². The van der Waals surface area contributed by atoms with E-state index >= 15 is 0 Å². The lowest BCUT2D eigenvalue weighted by Gasteiger charge is -2.49. The van der Waals surface area contributed by atoms with Gasteiger partial charge in [-0.25, -0.2) is 0 Å². The van der Waals surface area contributed by atoms with E-state index in [9.17, 15) is 14.9 Å². The molecular weight excluding hydrogens is 362 g/mol. The summed E-state index contributed by atoms with van der Waals surface area (Å²) in [4.78, 5) is 26.2. The van der Waals surface area contributed by atoms with E-state index in [1.54, 1.807) is 11.0 Å². The van der Waals surface area contributed by atoms with Crippen molar-refractivity contribution in [2.75, 3.05) is 6.79 Å². The van der Waals surface area contributed by atoms with Crippen LogP contribution in [0.5, 0.6) is 11.5 Å². The first-order chi connectivity index (χ1) is 12.0. The van der Waals surface area contributed by atoms with Gasteiger partial charge in [0.15, 0.2) is 21.7 Å². The third kappa shape index (κ3) is 1.79. The highest BCUT2D eigenvalue weighted by Crippen LogP contribution is 2.65. The van der Waals surface area contributed by atoms with Gasteiger partial charge in [-0.2, -0.15) is 5.26 Å². The van der Waals surface area contributed by atoms with E-state index in [1.807, 2.05) is 19.1 Å². The van der Waals surface area contributed by atoms with Gasteiger partial charge in [-0.05, 0) is 24.6 Å². The molecule has 0 aromatic heterocycles. The van der Waals surface area contributed by atoms with Crippen molar-refractivity contribution in [3.63, 3.8) is 0 Å². The Bertz CT molecular complexity index is 871. The molecule has 5 aliphatic heterocycles. The Hall–Kier alpha value is -2.05. The molecule has 0 saturated carbocycles. The van der Waals surface area contributed by atoms with Crippen LogP contribution in [-0.2, 0) is 9.59 Å². The summed E-state index contributed by atoms with van der Waals surface area (Å²) in [5, 5.41) is 12.1. The molecular formula is C16H13N3O4S2. The molecule has 1 aromatic rings. The molecule has 9 heteroatoms. The second-order valence-corrected chi connectivity index (χ2v) is 9.33. The number of nitrogens with zero attached hydrogens (tertiary/aromatic N) is 2. The molecule has 0 aliphatic carbocycles. The number of hydrogen-bond acceptors (Lipinski definition) is 7. The fraction of sp³-hybridized carbons (Fsp3) is 0.438. The van der Waals surface area contributed by atoms with Crippen LogP contribution < -0.4 is 14.8 Å². The zero-order valence-corrected chi connectivity index (χ0v) is 14.8. The van der Waals surface area contributed by atoms with E-state index < -0.39 is 21.7 Å². The van der Waals surface area contributed by atoms with Gasteiger partial charge < -0.3 is 19.7 Å². The van der Waals surface area contributed by atoms with Crippen LogP contribution in [0.1, 0.15) is 24.9 Å². The van der Waals surface area contributed by atoms with E-state index in [4.69, 9.17) is 9.47 Å². The molecule has 128 valence electrons. The highest BCUT2D eigenvalue weighted by Gasteiger charge is 2.70. The van der Waals surface area contributed by atoms with Gasteiger partial charge in [0, 0.05) is 6.42 Å². The maximum absolute atomic E-state index is 12.9. The molecule has 4 atom stereocenters. The molecule has 2 amide bonds. The normalized spacial score (nSPS) is 37.7. The van der Waals surface area contributed by atoms with Crippen molar-refractivity contribution in [3.05, 3.63) is 23.8 Å². The first-order valence-electron chi connectivity index (χ1n) is 7.78. The van der Waals surface area contributed by atoms with Crippen molar-refractivity contribution in [2.24, 2.45) is 5.41 Å². The molecule has 6 rings (SSSR count). The van der Waals surface area contributed by atoms with Crippen molar-refractivity contribution >= 4 is 33.4 Å². The predicted octanol–water partition coefficient (Wildman–Crippen LogP) is 1.77. The third-order valence-electron chi connectivity index (χ3n) is 5.19. The van der Waals surface area contributed by atoms with E-state index in [0.717, 1.165) is 5.56 Å². The van der Waals surface area contributed by atoms with Crippen molar-refractivity contribution in [1.82, 2.24) is 10.2 Å². The minimum absolute atomic E-state index is 0.148. The summed E-state index contributed by atoms with van der Waals surface area (Å²) >= 11 is 0. The Morgan fingerprint density at radius 2 is 2.16 bits per heavy atom. The molecule has 0 radical (unpaired) electrons. The summed E-state index contributed by atoms with van der Waals surface area (Å²) in [6.45, 7) is 1.97. The van der Waals surface area contributed by atoms with Gasteiger partial charge in [-0.1, -0.05) is 27.7 Å². The molecule has 5 aliphatic rings. The number of fused-ring (bicyclic) bond motifs is 3. The maximum Gasteiger partial charge on any atom is 0.258 e. The number of nitrogens with one attached hydrogen (secondary N) is 1. The number of rotatable bonds is 1. The fourth-order valence-corrected chi connectivity index (χ4v) is 7.27. The molecule has 25 heavy (non-hydrogen) atoms. The van der Waals surface area contributed by atoms with Gasteiger partial charge in [0.2, 0.25) is 6.79 Å². The minimum atomic E-state index is -1.04. The SMILES string of the molecule is CC1(C#N)CC23SSC(NC2=O)C(=O)N3C1c1ccc2c(c1)OCO2. The lowest BCUT2D eigenvalue weighted by molar-refractivity contribution is -0.149. The van der Waals surface area contributed by atoms with E-state index in [2.05, 4.69) is 11.4 Å². The number of carbonyl (C=O) groups is 2. The Kier molecular flexibility index (Phi) is 2.90. The maximum atomic E-state index is 12.9. The first-order valence-corrected chi connectivity index (χ1v) is 9.99. The molecule has 4 fully saturated rings. The third-order valence-corrected chi connectivity index (χ3v) is 8.29. The monoisotopic (exact) mass is 375 g/mol. The second-order valence-electron chi connectivity index (χ2n) is 6.75. The number of carbonyl (C=O) groups excluding carboxylic acids is 2. The number of piperazine rings is 1. The van der Waals surface area contributed by atoms with Gasteiger partial charge >= 0.3 is 0 Å². The molecule has 4 saturated heterocycles. The van der Waals surface area contributed by atoms with Crippen LogP contribution in [0.3, 0.4) is 0 Å². The van der Waals surface area contributed by atoms with Crippen LogP contribution in [0.15, 0.2) is 18.2 Å². The predicted molar refractivity (Wildman–Crippen MR) is 90.3 cm³/mol. The van der Waals surface area contributed by atoms with E-state index in [-0.39, 0.29) is 25.0 Å². The standard InChI is InChI=1S/C16H13N3O4S2/c1-15(6-17)5-16-14(21)18-12(24-25-16)13(20)19(16)11(15)8-2-3-9-10(4-8)23-7-22-9/h2-4,11-12H,5,7H2,1H3,(H,18,21). The largest absolute Gasteiger partial charge is 0.454 e. The van der Waals surface area contributed by atoms with Crippen molar-refractivity contribution in [3.8, 4) is 17.6 Å². The van der Waals surface area contributed by atoms with Crippen LogP contribution in [-0.4, -0.2) is 33.8 Å².